The Labute approximate surface area is 133 Å². The number of nitrogens with two attached hydrogens (primary N) is 1. The van der Waals surface area contributed by atoms with Gasteiger partial charge in [0.25, 0.3) is 0 Å². The summed E-state index contributed by atoms with van der Waals surface area (Å²) in [6.07, 6.45) is 0. The smallest absolute Gasteiger partial charge is 0.351 e. The van der Waals surface area contributed by atoms with Gasteiger partial charge in [-0.25, -0.2) is 9.59 Å². The second kappa shape index (κ2) is 6.89. The molecular weight excluding hydrogens is 294 g/mol. The third-order valence-electron chi connectivity index (χ3n) is 3.21. The van der Waals surface area contributed by atoms with Gasteiger partial charge in [-0.2, -0.15) is 0 Å². The molecule has 0 unspecified atom stereocenters. The minimum absolute atomic E-state index is 0. The van der Waals surface area contributed by atoms with Gasteiger partial charge in [-0.15, -0.1) is 0 Å². The minimum atomic E-state index is -0.750. The first kappa shape index (κ1) is 16.5. The number of benzene rings is 2. The molecule has 1 aromatic heterocycles. The molecule has 0 aliphatic heterocycles. The van der Waals surface area contributed by atoms with Crippen molar-refractivity contribution in [3.8, 4) is 5.75 Å². The molecule has 5 nitrogen and oxygen atoms in total. The highest BCUT2D eigenvalue weighted by Crippen LogP contribution is 2.17. The summed E-state index contributed by atoms with van der Waals surface area (Å²) in [5, 5.41) is 0.627. The van der Waals surface area contributed by atoms with Crippen molar-refractivity contribution in [3.05, 3.63) is 76.1 Å². The van der Waals surface area contributed by atoms with Gasteiger partial charge in [-0.1, -0.05) is 31.7 Å². The summed E-state index contributed by atoms with van der Waals surface area (Å²) in [6.45, 7) is 0.360. The van der Waals surface area contributed by atoms with E-state index in [9.17, 15) is 9.59 Å². The maximum absolute atomic E-state index is 12.1. The lowest BCUT2D eigenvalue weighted by Crippen LogP contribution is -2.18. The summed E-state index contributed by atoms with van der Waals surface area (Å²) < 4.78 is 10.3. The van der Waals surface area contributed by atoms with E-state index in [1.807, 2.05) is 0 Å². The van der Waals surface area contributed by atoms with Crippen molar-refractivity contribution in [1.29, 1.82) is 0 Å². The average Bonchev–Trinajstić information content (AvgIpc) is 2.54. The molecule has 0 saturated carbocycles. The molecule has 5 heteroatoms. The van der Waals surface area contributed by atoms with Gasteiger partial charge in [0, 0.05) is 11.9 Å². The van der Waals surface area contributed by atoms with E-state index in [-0.39, 0.29) is 13.0 Å². The van der Waals surface area contributed by atoms with Crippen LogP contribution in [0.4, 0.5) is 0 Å². The third kappa shape index (κ3) is 3.46. The Kier molecular flexibility index (Phi) is 4.93. The molecule has 2 N–H and O–H groups in total. The van der Waals surface area contributed by atoms with Crippen molar-refractivity contribution in [2.45, 2.75) is 14.0 Å². The maximum atomic E-state index is 12.1. The zero-order valence-corrected chi connectivity index (χ0v) is 11.6. The summed E-state index contributed by atoms with van der Waals surface area (Å²) in [6, 6.07) is 15.2. The number of hydrogen-bond donors (Lipinski definition) is 1. The van der Waals surface area contributed by atoms with E-state index in [4.69, 9.17) is 14.9 Å². The molecule has 0 amide bonds. The first-order valence-corrected chi connectivity index (χ1v) is 6.71. The molecular formula is C18H17NO4. The van der Waals surface area contributed by atoms with Gasteiger partial charge in [0.05, 0.1) is 0 Å². The van der Waals surface area contributed by atoms with E-state index >= 15 is 0 Å². The number of rotatable bonds is 3. The van der Waals surface area contributed by atoms with Gasteiger partial charge in [-0.05, 0) is 35.9 Å². The number of ether oxygens (including phenoxy) is 1. The summed E-state index contributed by atoms with van der Waals surface area (Å²) in [5.74, 6) is -0.386. The molecule has 3 aromatic rings. The van der Waals surface area contributed by atoms with Crippen LogP contribution in [0.2, 0.25) is 0 Å². The van der Waals surface area contributed by atoms with Crippen LogP contribution < -0.4 is 16.1 Å². The van der Waals surface area contributed by atoms with Crippen LogP contribution in [0.25, 0.3) is 11.0 Å². The second-order valence-electron chi connectivity index (χ2n) is 4.73. The zero-order chi connectivity index (χ0) is 15.5. The van der Waals surface area contributed by atoms with Gasteiger partial charge in [0.1, 0.15) is 16.9 Å². The summed E-state index contributed by atoms with van der Waals surface area (Å²) in [7, 11) is 0. The maximum Gasteiger partial charge on any atom is 0.351 e. The van der Waals surface area contributed by atoms with E-state index in [0.717, 1.165) is 5.56 Å². The average molecular weight is 311 g/mol. The second-order valence-corrected chi connectivity index (χ2v) is 4.73. The normalized spacial score (nSPS) is 10.1. The fourth-order valence-corrected chi connectivity index (χ4v) is 2.09. The van der Waals surface area contributed by atoms with Crippen LogP contribution in [0.3, 0.4) is 0 Å². The van der Waals surface area contributed by atoms with Crippen LogP contribution in [0.15, 0.2) is 63.8 Å². The molecule has 0 aliphatic carbocycles. The number of carbonyl (C=O) groups is 1. The Morgan fingerprint density at radius 3 is 2.52 bits per heavy atom. The number of hydrogen-bond acceptors (Lipinski definition) is 5. The Balaban J connectivity index is 0.00000192. The number of esters is 1. The van der Waals surface area contributed by atoms with Crippen molar-refractivity contribution in [2.24, 2.45) is 5.73 Å². The summed E-state index contributed by atoms with van der Waals surface area (Å²) in [4.78, 5) is 24.1. The van der Waals surface area contributed by atoms with Crippen molar-refractivity contribution in [1.82, 2.24) is 0 Å². The molecule has 2 aromatic carbocycles. The van der Waals surface area contributed by atoms with Crippen molar-refractivity contribution < 1.29 is 13.9 Å². The lowest BCUT2D eigenvalue weighted by molar-refractivity contribution is 0.0730. The van der Waals surface area contributed by atoms with Crippen LogP contribution in [0.5, 0.6) is 5.75 Å². The Bertz CT molecular complexity index is 884. The van der Waals surface area contributed by atoms with Crippen LogP contribution >= 0.6 is 0 Å². The molecule has 0 spiro atoms. The number of para-hydroxylation sites is 1. The highest BCUT2D eigenvalue weighted by Gasteiger charge is 2.16. The lowest BCUT2D eigenvalue weighted by Gasteiger charge is -2.05. The monoisotopic (exact) mass is 311 g/mol. The van der Waals surface area contributed by atoms with Crippen LogP contribution in [-0.4, -0.2) is 5.97 Å². The van der Waals surface area contributed by atoms with Gasteiger partial charge >= 0.3 is 11.6 Å². The molecule has 0 atom stereocenters. The fraction of sp³-hybridized carbons (Fsp3) is 0.111. The van der Waals surface area contributed by atoms with E-state index in [1.165, 1.54) is 6.07 Å². The van der Waals surface area contributed by atoms with Crippen LogP contribution in [0, 0.1) is 0 Å². The molecule has 0 aliphatic rings. The van der Waals surface area contributed by atoms with E-state index in [0.29, 0.717) is 23.3 Å². The molecule has 0 bridgehead atoms. The zero-order valence-electron chi connectivity index (χ0n) is 11.6. The first-order valence-electron chi connectivity index (χ1n) is 6.71. The standard InChI is InChI=1S/C17H13NO4.CH4/c18-10-11-6-7-15-12(8-11)9-14(17(20)22-15)16(19)21-13-4-2-1-3-5-13;/h1-9H,10,18H2;1H4. The largest absolute Gasteiger partial charge is 0.423 e. The lowest BCUT2D eigenvalue weighted by atomic mass is 10.1. The van der Waals surface area contributed by atoms with Crippen LogP contribution in [-0.2, 0) is 6.54 Å². The fourth-order valence-electron chi connectivity index (χ4n) is 2.09. The predicted molar refractivity (Wildman–Crippen MR) is 88.5 cm³/mol. The van der Waals surface area contributed by atoms with Gasteiger partial charge < -0.3 is 14.9 Å². The highest BCUT2D eigenvalue weighted by atomic mass is 16.5. The summed E-state index contributed by atoms with van der Waals surface area (Å²) in [5.41, 5.74) is 5.99. The SMILES string of the molecule is C.NCc1ccc2oc(=O)c(C(=O)Oc3ccccc3)cc2c1. The van der Waals surface area contributed by atoms with E-state index < -0.39 is 11.6 Å². The topological polar surface area (TPSA) is 82.5 Å². The molecule has 0 fully saturated rings. The Morgan fingerprint density at radius 1 is 1.09 bits per heavy atom. The van der Waals surface area contributed by atoms with Gasteiger partial charge in [0.15, 0.2) is 0 Å². The predicted octanol–water partition coefficient (Wildman–Crippen LogP) is 3.11. The molecule has 0 saturated heterocycles. The Morgan fingerprint density at radius 2 is 1.83 bits per heavy atom. The number of carbonyl (C=O) groups excluding carboxylic acids is 1. The first-order chi connectivity index (χ1) is 10.7. The van der Waals surface area contributed by atoms with Crippen LogP contribution in [0.1, 0.15) is 23.3 Å². The molecule has 1 heterocycles. The van der Waals surface area contributed by atoms with E-state index in [1.54, 1.807) is 48.5 Å². The minimum Gasteiger partial charge on any atom is -0.423 e. The van der Waals surface area contributed by atoms with Crippen molar-refractivity contribution in [2.75, 3.05) is 0 Å². The molecule has 0 radical (unpaired) electrons. The molecule has 3 rings (SSSR count). The van der Waals surface area contributed by atoms with Gasteiger partial charge in [-0.3, -0.25) is 0 Å². The molecule has 118 valence electrons. The third-order valence-corrected chi connectivity index (χ3v) is 3.21. The van der Waals surface area contributed by atoms with Crippen molar-refractivity contribution >= 4 is 16.9 Å². The Hall–Kier alpha value is -2.92. The van der Waals surface area contributed by atoms with E-state index in [2.05, 4.69) is 0 Å². The quantitative estimate of drug-likeness (QED) is 0.456. The summed E-state index contributed by atoms with van der Waals surface area (Å²) >= 11 is 0. The molecule has 23 heavy (non-hydrogen) atoms. The number of fused-ring (bicyclic) bond motifs is 1. The van der Waals surface area contributed by atoms with Gasteiger partial charge in [0.2, 0.25) is 0 Å². The van der Waals surface area contributed by atoms with Crippen molar-refractivity contribution in [3.63, 3.8) is 0 Å². The highest BCUT2D eigenvalue weighted by molar-refractivity contribution is 5.94.